The van der Waals surface area contributed by atoms with E-state index in [1.807, 2.05) is 6.07 Å². The molecule has 12 heteroatoms. The molecule has 5 aromatic rings. The Balaban J connectivity index is 0.759. The van der Waals surface area contributed by atoms with E-state index in [1.54, 1.807) is 30.6 Å². The Kier molecular flexibility index (Phi) is 10.1. The molecule has 3 aliphatic heterocycles. The number of carbonyl (C=O) groups excluding carboxylic acids is 3. The number of hydrogen-bond donors (Lipinski definition) is 2. The molecular weight excluding hydrogens is 733 g/mol. The van der Waals surface area contributed by atoms with Crippen LogP contribution in [0.1, 0.15) is 74.1 Å². The number of nitrogens with zero attached hydrogens (tertiary/aromatic N) is 5. The summed E-state index contributed by atoms with van der Waals surface area (Å²) in [5, 5.41) is 12.8. The number of phenolic OH excluding ortho intramolecular Hbond substituents is 1. The monoisotopic (exact) mass is 776 g/mol. The molecule has 3 amide bonds. The molecule has 3 atom stereocenters. The maximum atomic E-state index is 13.3. The molecule has 2 N–H and O–H groups in total. The first-order valence-electron chi connectivity index (χ1n) is 19.9. The van der Waals surface area contributed by atoms with E-state index in [-0.39, 0.29) is 17.0 Å². The van der Waals surface area contributed by atoms with E-state index in [1.165, 1.54) is 28.3 Å². The highest BCUT2D eigenvalue weighted by Crippen LogP contribution is 2.47. The van der Waals surface area contributed by atoms with Crippen LogP contribution in [0.4, 0.5) is 5.95 Å². The topological polar surface area (TPSA) is 137 Å². The lowest BCUT2D eigenvalue weighted by molar-refractivity contribution is -0.125. The second kappa shape index (κ2) is 15.8. The average molecular weight is 777 g/mol. The van der Waals surface area contributed by atoms with E-state index in [0.717, 1.165) is 56.2 Å². The van der Waals surface area contributed by atoms with Gasteiger partial charge in [0.05, 0.1) is 23.5 Å². The van der Waals surface area contributed by atoms with Crippen LogP contribution < -0.4 is 19.7 Å². The van der Waals surface area contributed by atoms with Gasteiger partial charge in [0, 0.05) is 44.3 Å². The summed E-state index contributed by atoms with van der Waals surface area (Å²) in [5.41, 5.74) is 6.09. The van der Waals surface area contributed by atoms with Gasteiger partial charge < -0.3 is 24.8 Å². The van der Waals surface area contributed by atoms with Crippen LogP contribution >= 0.6 is 0 Å². The van der Waals surface area contributed by atoms with Crippen LogP contribution in [0, 0.1) is 0 Å². The van der Waals surface area contributed by atoms with Crippen molar-refractivity contribution in [3.63, 3.8) is 0 Å². The third kappa shape index (κ3) is 7.38. The van der Waals surface area contributed by atoms with Crippen molar-refractivity contribution in [2.24, 2.45) is 0 Å². The van der Waals surface area contributed by atoms with Gasteiger partial charge >= 0.3 is 0 Å². The zero-order valence-corrected chi connectivity index (χ0v) is 32.0. The number of piperazine rings is 1. The van der Waals surface area contributed by atoms with Crippen LogP contribution in [0.25, 0.3) is 0 Å². The Morgan fingerprint density at radius 3 is 2.26 bits per heavy atom. The van der Waals surface area contributed by atoms with Crippen molar-refractivity contribution >= 4 is 23.7 Å². The summed E-state index contributed by atoms with van der Waals surface area (Å²) < 4.78 is 12.2. The summed E-state index contributed by atoms with van der Waals surface area (Å²) in [6.07, 6.45) is 5.99. The van der Waals surface area contributed by atoms with Gasteiger partial charge in [-0.1, -0.05) is 55.1 Å². The van der Waals surface area contributed by atoms with Crippen molar-refractivity contribution in [3.8, 4) is 23.0 Å². The lowest BCUT2D eigenvalue weighted by atomic mass is 9.69. The molecule has 58 heavy (non-hydrogen) atoms. The zero-order chi connectivity index (χ0) is 39.8. The molecule has 294 valence electrons. The summed E-state index contributed by atoms with van der Waals surface area (Å²) in [4.78, 5) is 53.5. The second-order valence-corrected chi connectivity index (χ2v) is 15.3. The third-order valence-corrected chi connectivity index (χ3v) is 11.8. The van der Waals surface area contributed by atoms with Gasteiger partial charge in [0.25, 0.3) is 11.8 Å². The Morgan fingerprint density at radius 2 is 1.50 bits per heavy atom. The lowest BCUT2D eigenvalue weighted by Gasteiger charge is -2.35. The summed E-state index contributed by atoms with van der Waals surface area (Å²) in [6.45, 7) is 8.37. The number of piperidine rings is 1. The van der Waals surface area contributed by atoms with Crippen molar-refractivity contribution in [1.29, 1.82) is 0 Å². The first-order chi connectivity index (χ1) is 28.3. The van der Waals surface area contributed by atoms with Crippen LogP contribution in [0.15, 0.2) is 116 Å². The third-order valence-electron chi connectivity index (χ3n) is 11.8. The number of anilines is 1. The Labute approximate surface area is 336 Å². The lowest BCUT2D eigenvalue weighted by Crippen LogP contribution is -2.51. The van der Waals surface area contributed by atoms with E-state index in [0.29, 0.717) is 54.3 Å². The van der Waals surface area contributed by atoms with Gasteiger partial charge in [-0.25, -0.2) is 9.97 Å². The molecule has 1 unspecified atom stereocenters. The van der Waals surface area contributed by atoms with Gasteiger partial charge in [0.15, 0.2) is 5.75 Å². The molecule has 1 aliphatic carbocycles. The normalized spacial score (nSPS) is 20.7. The predicted octanol–water partition coefficient (Wildman–Crippen LogP) is 6.43. The predicted molar refractivity (Wildman–Crippen MR) is 217 cm³/mol. The highest BCUT2D eigenvalue weighted by Gasteiger charge is 2.44. The summed E-state index contributed by atoms with van der Waals surface area (Å²) in [5.74, 6) is 1.65. The number of aromatic nitrogens is 2. The largest absolute Gasteiger partial charge is 0.508 e. The van der Waals surface area contributed by atoms with E-state index in [4.69, 9.17) is 9.47 Å². The van der Waals surface area contributed by atoms with Gasteiger partial charge in [-0.3, -0.25) is 24.2 Å². The van der Waals surface area contributed by atoms with Crippen LogP contribution in [-0.4, -0.2) is 88.0 Å². The highest BCUT2D eigenvalue weighted by atomic mass is 16.5. The van der Waals surface area contributed by atoms with Gasteiger partial charge in [-0.2, -0.15) is 0 Å². The number of nitrogens with one attached hydrogen (secondary N) is 1. The maximum Gasteiger partial charge on any atom is 0.262 e. The first-order valence-corrected chi connectivity index (χ1v) is 19.9. The number of amides is 3. The fourth-order valence-electron chi connectivity index (χ4n) is 8.77. The number of imide groups is 1. The van der Waals surface area contributed by atoms with Crippen molar-refractivity contribution in [1.82, 2.24) is 25.1 Å². The fraction of sp³-hybridized carbons (Fsp3) is 0.283. The molecule has 0 saturated carbocycles. The van der Waals surface area contributed by atoms with Gasteiger partial charge in [-0.05, 0) is 96.3 Å². The Bertz CT molecular complexity index is 2360. The first kappa shape index (κ1) is 37.1. The molecule has 0 radical (unpaired) electrons. The molecule has 4 aromatic carbocycles. The maximum absolute atomic E-state index is 13.3. The molecule has 2 fully saturated rings. The highest BCUT2D eigenvalue weighted by molar-refractivity contribution is 6.23. The van der Waals surface area contributed by atoms with E-state index in [2.05, 4.69) is 92.3 Å². The van der Waals surface area contributed by atoms with Crippen LogP contribution in [0.3, 0.4) is 0 Å². The molecule has 12 nitrogen and oxygen atoms in total. The number of rotatable bonds is 10. The number of benzene rings is 4. The smallest absolute Gasteiger partial charge is 0.262 e. The summed E-state index contributed by atoms with van der Waals surface area (Å²) in [7, 11) is 0. The molecular formula is C46H44N6O6. The number of hydrogen-bond acceptors (Lipinski definition) is 10. The van der Waals surface area contributed by atoms with E-state index in [9.17, 15) is 19.5 Å². The van der Waals surface area contributed by atoms with E-state index >= 15 is 0 Å². The zero-order valence-electron chi connectivity index (χ0n) is 32.0. The van der Waals surface area contributed by atoms with Crippen molar-refractivity contribution in [3.05, 3.63) is 149 Å². The number of aromatic hydroxyl groups is 1. The Hall–Kier alpha value is -6.53. The minimum Gasteiger partial charge on any atom is -0.508 e. The van der Waals surface area contributed by atoms with Crippen LogP contribution in [-0.2, 0) is 11.2 Å². The average Bonchev–Trinajstić information content (AvgIpc) is 3.49. The standard InChI is InChI=1S/C46H44N6O6/c1-29-7-18-41(43(54)49-29)52-44(55)39-17-14-35(26-40(39)45(52)56)58-36-27-47-46(48-28-36)51-21-19-50(20-22-51)23-24-57-34-12-8-31(9-13-34)42-37(30-5-3-2-4-6-30)15-10-32-25-33(53)11-16-38(32)42/h2-6,8-9,11-14,16-17,25-28,37,41-42,53H,1,7,10,15,18-24H2,(H,49,54)/t37-,41?,42+/m1/s1. The van der Waals surface area contributed by atoms with Gasteiger partial charge in [-0.15, -0.1) is 0 Å². The number of carbonyl (C=O) groups is 3. The Morgan fingerprint density at radius 1 is 0.759 bits per heavy atom. The minimum absolute atomic E-state index is 0.194. The fourth-order valence-corrected chi connectivity index (χ4v) is 8.77. The molecule has 9 rings (SSSR count). The van der Waals surface area contributed by atoms with Gasteiger partial charge in [0.2, 0.25) is 11.9 Å². The number of fused-ring (bicyclic) bond motifs is 2. The molecule has 4 heterocycles. The number of ether oxygens (including phenoxy) is 2. The molecule has 0 bridgehead atoms. The summed E-state index contributed by atoms with van der Waals surface area (Å²) in [6, 6.07) is 28.9. The number of aryl methyl sites for hydroxylation is 1. The summed E-state index contributed by atoms with van der Waals surface area (Å²) >= 11 is 0. The number of phenols is 1. The minimum atomic E-state index is -0.874. The molecule has 0 spiro atoms. The van der Waals surface area contributed by atoms with Crippen LogP contribution in [0.5, 0.6) is 23.0 Å². The molecule has 1 aromatic heterocycles. The SMILES string of the molecule is C=C1CCC(N2C(=O)c3ccc(Oc4cnc(N5CCN(CCOc6ccc([C@@H]7c8ccc(O)cc8CC[C@@H]7c7ccccc7)cc6)CC5)nc4)cc3C2=O)C(=O)N1. The van der Waals surface area contributed by atoms with Crippen molar-refractivity contribution in [2.45, 2.75) is 43.6 Å². The van der Waals surface area contributed by atoms with Crippen molar-refractivity contribution < 1.29 is 29.0 Å². The molecule has 4 aliphatic rings. The quantitative estimate of drug-likeness (QED) is 0.153. The van der Waals surface area contributed by atoms with E-state index < -0.39 is 23.8 Å². The van der Waals surface area contributed by atoms with Gasteiger partial charge in [0.1, 0.15) is 29.9 Å². The second-order valence-electron chi connectivity index (χ2n) is 15.3. The molecule has 2 saturated heterocycles. The van der Waals surface area contributed by atoms with Crippen molar-refractivity contribution in [2.75, 3.05) is 44.2 Å². The number of allylic oxidation sites excluding steroid dienone is 1. The van der Waals surface area contributed by atoms with Crippen LogP contribution in [0.2, 0.25) is 0 Å².